The molecule has 0 saturated carbocycles. The molecule has 1 fully saturated rings. The first kappa shape index (κ1) is 16.5. The van der Waals surface area contributed by atoms with E-state index in [2.05, 4.69) is 4.98 Å². The highest BCUT2D eigenvalue weighted by Gasteiger charge is 2.35. The van der Waals surface area contributed by atoms with Crippen molar-refractivity contribution in [1.29, 1.82) is 5.26 Å². The number of likely N-dealkylation sites (tertiary alicyclic amines) is 1. The lowest BCUT2D eigenvalue weighted by molar-refractivity contribution is 0.0156. The molecule has 0 aliphatic carbocycles. The van der Waals surface area contributed by atoms with Gasteiger partial charge in [0.15, 0.2) is 0 Å². The van der Waals surface area contributed by atoms with Gasteiger partial charge in [-0.15, -0.1) is 0 Å². The molecule has 1 amide bonds. The van der Waals surface area contributed by atoms with Crippen LogP contribution >= 0.6 is 0 Å². The number of ether oxygens (including phenoxy) is 2. The predicted molar refractivity (Wildman–Crippen MR) is 87.1 cm³/mol. The first-order valence-electron chi connectivity index (χ1n) is 7.62. The monoisotopic (exact) mass is 337 g/mol. The quantitative estimate of drug-likeness (QED) is 0.788. The third kappa shape index (κ3) is 3.28. The Bertz CT molecular complexity index is 853. The molecular formula is C18H15N3O4. The van der Waals surface area contributed by atoms with Crippen LogP contribution in [0.15, 0.2) is 42.6 Å². The van der Waals surface area contributed by atoms with Crippen molar-refractivity contribution in [3.8, 4) is 11.9 Å². The van der Waals surface area contributed by atoms with Gasteiger partial charge in [-0.1, -0.05) is 12.1 Å². The van der Waals surface area contributed by atoms with Gasteiger partial charge in [-0.25, -0.2) is 9.78 Å². The number of methoxy groups -OCH3 is 1. The highest BCUT2D eigenvalue weighted by atomic mass is 16.5. The molecule has 0 bridgehead atoms. The molecule has 1 aliphatic heterocycles. The van der Waals surface area contributed by atoms with E-state index in [1.54, 1.807) is 47.5 Å². The molecule has 1 aliphatic rings. The third-order valence-corrected chi connectivity index (χ3v) is 3.87. The number of esters is 1. The average Bonchev–Trinajstić information content (AvgIpc) is 2.63. The third-order valence-electron chi connectivity index (χ3n) is 3.87. The molecule has 2 heterocycles. The number of hydrogen-bond acceptors (Lipinski definition) is 6. The van der Waals surface area contributed by atoms with Crippen molar-refractivity contribution in [3.63, 3.8) is 0 Å². The number of pyridine rings is 1. The summed E-state index contributed by atoms with van der Waals surface area (Å²) in [4.78, 5) is 30.0. The second kappa shape index (κ2) is 7.01. The molecule has 0 spiro atoms. The van der Waals surface area contributed by atoms with Crippen LogP contribution in [0.3, 0.4) is 0 Å². The fraction of sp³-hybridized carbons (Fsp3) is 0.222. The summed E-state index contributed by atoms with van der Waals surface area (Å²) in [5, 5.41) is 9.04. The maximum atomic E-state index is 12.6. The Hall–Kier alpha value is -3.40. The molecule has 7 nitrogen and oxygen atoms in total. The number of hydrogen-bond donors (Lipinski definition) is 0. The molecule has 126 valence electrons. The maximum Gasteiger partial charge on any atom is 0.338 e. The van der Waals surface area contributed by atoms with E-state index in [0.29, 0.717) is 24.2 Å². The van der Waals surface area contributed by atoms with Crippen LogP contribution < -0.4 is 4.74 Å². The Morgan fingerprint density at radius 1 is 1.20 bits per heavy atom. The molecule has 7 heteroatoms. The summed E-state index contributed by atoms with van der Waals surface area (Å²) in [5.41, 5.74) is 0.877. The number of aromatic nitrogens is 1. The zero-order chi connectivity index (χ0) is 17.8. The Morgan fingerprint density at radius 3 is 2.60 bits per heavy atom. The van der Waals surface area contributed by atoms with E-state index < -0.39 is 5.97 Å². The number of nitrogens with zero attached hydrogens (tertiary/aromatic N) is 3. The number of carbonyl (C=O) groups excluding carboxylic acids is 2. The Kier molecular flexibility index (Phi) is 4.61. The van der Waals surface area contributed by atoms with Crippen molar-refractivity contribution in [2.24, 2.45) is 0 Å². The van der Waals surface area contributed by atoms with Gasteiger partial charge >= 0.3 is 5.97 Å². The van der Waals surface area contributed by atoms with Gasteiger partial charge in [0.2, 0.25) is 5.88 Å². The van der Waals surface area contributed by atoms with Crippen LogP contribution in [-0.4, -0.2) is 48.1 Å². The van der Waals surface area contributed by atoms with E-state index in [9.17, 15) is 9.59 Å². The Balaban J connectivity index is 1.66. The molecule has 0 N–H and O–H groups in total. The van der Waals surface area contributed by atoms with Crippen LogP contribution in [0.5, 0.6) is 5.88 Å². The number of rotatable bonds is 4. The number of carbonyl (C=O) groups is 2. The zero-order valence-corrected chi connectivity index (χ0v) is 13.5. The minimum absolute atomic E-state index is 0.232. The van der Waals surface area contributed by atoms with E-state index >= 15 is 0 Å². The van der Waals surface area contributed by atoms with Crippen LogP contribution in [0.4, 0.5) is 0 Å². The van der Waals surface area contributed by atoms with E-state index in [4.69, 9.17) is 14.7 Å². The van der Waals surface area contributed by atoms with Gasteiger partial charge in [0, 0.05) is 6.20 Å². The van der Waals surface area contributed by atoms with E-state index in [-0.39, 0.29) is 23.5 Å². The number of benzene rings is 1. The van der Waals surface area contributed by atoms with Gasteiger partial charge in [0.05, 0.1) is 31.3 Å². The average molecular weight is 337 g/mol. The van der Waals surface area contributed by atoms with Gasteiger partial charge < -0.3 is 14.4 Å². The highest BCUT2D eigenvalue weighted by Crippen LogP contribution is 2.22. The van der Waals surface area contributed by atoms with Crippen LogP contribution in [0.25, 0.3) is 0 Å². The van der Waals surface area contributed by atoms with Crippen molar-refractivity contribution in [2.75, 3.05) is 20.2 Å². The predicted octanol–water partition coefficient (Wildman–Crippen LogP) is 1.64. The van der Waals surface area contributed by atoms with E-state index in [0.717, 1.165) is 0 Å². The Morgan fingerprint density at radius 2 is 1.92 bits per heavy atom. The van der Waals surface area contributed by atoms with E-state index in [1.807, 2.05) is 6.07 Å². The van der Waals surface area contributed by atoms with Gasteiger partial charge in [-0.2, -0.15) is 5.26 Å². The lowest BCUT2D eigenvalue weighted by Crippen LogP contribution is -2.56. The van der Waals surface area contributed by atoms with Crippen LogP contribution in [0.2, 0.25) is 0 Å². The minimum Gasteiger partial charge on any atom is -0.470 e. The molecule has 25 heavy (non-hydrogen) atoms. The van der Waals surface area contributed by atoms with Gasteiger partial charge in [0.25, 0.3) is 5.91 Å². The summed E-state index contributed by atoms with van der Waals surface area (Å²) in [5.74, 6) is -0.552. The summed E-state index contributed by atoms with van der Waals surface area (Å²) in [6.45, 7) is 0.714. The van der Waals surface area contributed by atoms with Crippen LogP contribution in [0, 0.1) is 11.3 Å². The molecule has 3 rings (SSSR count). The first-order chi connectivity index (χ1) is 12.1. The van der Waals surface area contributed by atoms with Crippen molar-refractivity contribution >= 4 is 11.9 Å². The van der Waals surface area contributed by atoms with Crippen LogP contribution in [0.1, 0.15) is 26.3 Å². The molecule has 2 aromatic rings. The highest BCUT2D eigenvalue weighted by molar-refractivity contribution is 6.05. The second-order valence-electron chi connectivity index (χ2n) is 5.46. The lowest BCUT2D eigenvalue weighted by Gasteiger charge is -2.38. The normalized spacial score (nSPS) is 13.5. The molecule has 1 saturated heterocycles. The molecule has 0 unspecified atom stereocenters. The number of amides is 1. The number of nitriles is 1. The maximum absolute atomic E-state index is 12.6. The molecule has 1 aromatic carbocycles. The molecule has 0 atom stereocenters. The standard InChI is InChI=1S/C18H15N3O4/c1-24-18(23)15-7-3-2-6-14(15)17(22)21-10-13(11-21)25-16-12(9-19)5-4-8-20-16/h2-8,13H,10-11H2,1H3. The fourth-order valence-electron chi connectivity index (χ4n) is 2.53. The van der Waals surface area contributed by atoms with Gasteiger partial charge in [-0.05, 0) is 24.3 Å². The molecule has 0 radical (unpaired) electrons. The second-order valence-corrected chi connectivity index (χ2v) is 5.46. The summed E-state index contributed by atoms with van der Waals surface area (Å²) >= 11 is 0. The summed E-state index contributed by atoms with van der Waals surface area (Å²) < 4.78 is 10.4. The topological polar surface area (TPSA) is 92.5 Å². The first-order valence-corrected chi connectivity index (χ1v) is 7.62. The van der Waals surface area contributed by atoms with Crippen molar-refractivity contribution in [2.45, 2.75) is 6.10 Å². The lowest BCUT2D eigenvalue weighted by atomic mass is 10.0. The summed E-state index contributed by atoms with van der Waals surface area (Å²) in [6, 6.07) is 11.8. The summed E-state index contributed by atoms with van der Waals surface area (Å²) in [6.07, 6.45) is 1.31. The fourth-order valence-corrected chi connectivity index (χ4v) is 2.53. The van der Waals surface area contributed by atoms with Gasteiger partial charge in [0.1, 0.15) is 17.7 Å². The molecular weight excluding hydrogens is 322 g/mol. The Labute approximate surface area is 144 Å². The summed E-state index contributed by atoms with van der Waals surface area (Å²) in [7, 11) is 1.27. The van der Waals surface area contributed by atoms with Crippen LogP contribution in [-0.2, 0) is 4.74 Å². The minimum atomic E-state index is -0.551. The SMILES string of the molecule is COC(=O)c1ccccc1C(=O)N1CC(Oc2ncccc2C#N)C1. The van der Waals surface area contributed by atoms with Crippen molar-refractivity contribution in [3.05, 3.63) is 59.3 Å². The van der Waals surface area contributed by atoms with Gasteiger partial charge in [-0.3, -0.25) is 4.79 Å². The van der Waals surface area contributed by atoms with Crippen molar-refractivity contribution < 1.29 is 19.1 Å². The molecule has 1 aromatic heterocycles. The van der Waals surface area contributed by atoms with E-state index in [1.165, 1.54) is 7.11 Å². The largest absolute Gasteiger partial charge is 0.470 e. The van der Waals surface area contributed by atoms with Crippen molar-refractivity contribution in [1.82, 2.24) is 9.88 Å². The smallest absolute Gasteiger partial charge is 0.338 e. The zero-order valence-electron chi connectivity index (χ0n) is 13.5.